The summed E-state index contributed by atoms with van der Waals surface area (Å²) in [5.41, 5.74) is 9.29. The normalized spacial score (nSPS) is 14.5. The van der Waals surface area contributed by atoms with Crippen LogP contribution in [0.25, 0.3) is 5.57 Å². The van der Waals surface area contributed by atoms with Crippen LogP contribution in [0, 0.1) is 0 Å². The number of allylic oxidation sites excluding steroid dienone is 2. The number of hydrogen-bond acceptors (Lipinski definition) is 3. The summed E-state index contributed by atoms with van der Waals surface area (Å²) in [6.07, 6.45) is 7.57. The third kappa shape index (κ3) is 6.61. The maximum atomic E-state index is 13.5. The molecule has 0 radical (unpaired) electrons. The van der Waals surface area contributed by atoms with Crippen molar-refractivity contribution in [3.05, 3.63) is 64.9 Å². The number of halogens is 2. The lowest BCUT2D eigenvalue weighted by atomic mass is 9.98. The maximum absolute atomic E-state index is 13.5. The number of carbonyl (C=O) groups excluding carboxylic acids is 1. The highest BCUT2D eigenvalue weighted by molar-refractivity contribution is 5.73. The molecule has 0 unspecified atom stereocenters. The van der Waals surface area contributed by atoms with E-state index in [4.69, 9.17) is 15.5 Å². The lowest BCUT2D eigenvalue weighted by Gasteiger charge is -2.13. The number of nitrogens with two attached hydrogens (primary N) is 1. The Labute approximate surface area is 182 Å². The fourth-order valence-corrected chi connectivity index (χ4v) is 3.63. The summed E-state index contributed by atoms with van der Waals surface area (Å²) in [6.45, 7) is 0.902. The van der Waals surface area contributed by atoms with Crippen LogP contribution >= 0.6 is 0 Å². The molecule has 166 valence electrons. The second kappa shape index (κ2) is 10.0. The first kappa shape index (κ1) is 22.9. The van der Waals surface area contributed by atoms with Gasteiger partial charge in [0.2, 0.25) is 11.8 Å². The molecule has 3 rings (SSSR count). The molecular formula is C25H30F2N2O2. The van der Waals surface area contributed by atoms with Gasteiger partial charge in [-0.25, -0.2) is 13.8 Å². The molecule has 1 aromatic heterocycles. The lowest BCUT2D eigenvalue weighted by molar-refractivity contribution is -0.118. The van der Waals surface area contributed by atoms with Gasteiger partial charge in [0.15, 0.2) is 0 Å². The van der Waals surface area contributed by atoms with E-state index in [-0.39, 0.29) is 11.5 Å². The zero-order chi connectivity index (χ0) is 22.4. The topological polar surface area (TPSA) is 65.2 Å². The number of carbonyl (C=O) groups is 1. The van der Waals surface area contributed by atoms with E-state index >= 15 is 0 Å². The number of ether oxygens (including phenoxy) is 1. The summed E-state index contributed by atoms with van der Waals surface area (Å²) in [5, 5.41) is 0. The molecule has 1 aliphatic carbocycles. The quantitative estimate of drug-likeness (QED) is 0.463. The summed E-state index contributed by atoms with van der Waals surface area (Å²) in [7, 11) is 1.64. The van der Waals surface area contributed by atoms with E-state index < -0.39 is 5.92 Å². The molecule has 2 N–H and O–H groups in total. The van der Waals surface area contributed by atoms with E-state index in [1.165, 1.54) is 25.0 Å². The third-order valence-corrected chi connectivity index (χ3v) is 5.59. The number of hydrogen-bond donors (Lipinski definition) is 1. The molecule has 1 aromatic carbocycles. The van der Waals surface area contributed by atoms with Gasteiger partial charge in [-0.05, 0) is 61.6 Å². The smallest absolute Gasteiger partial charge is 0.270 e. The van der Waals surface area contributed by atoms with E-state index in [1.807, 2.05) is 6.07 Å². The average Bonchev–Trinajstić information content (AvgIpc) is 3.57. The highest BCUT2D eigenvalue weighted by atomic mass is 19.3. The minimum atomic E-state index is -2.84. The zero-order valence-electron chi connectivity index (χ0n) is 18.2. The van der Waals surface area contributed by atoms with Gasteiger partial charge in [-0.2, -0.15) is 0 Å². The summed E-state index contributed by atoms with van der Waals surface area (Å²) in [4.78, 5) is 15.8. The maximum Gasteiger partial charge on any atom is 0.270 e. The van der Waals surface area contributed by atoms with E-state index in [1.54, 1.807) is 19.2 Å². The molecule has 1 amide bonds. The summed E-state index contributed by atoms with van der Waals surface area (Å²) < 4.78 is 32.4. The molecule has 0 atom stereocenters. The Morgan fingerprint density at radius 1 is 1.19 bits per heavy atom. The van der Waals surface area contributed by atoms with Gasteiger partial charge in [-0.3, -0.25) is 4.79 Å². The van der Waals surface area contributed by atoms with Crippen molar-refractivity contribution in [3.63, 3.8) is 0 Å². The van der Waals surface area contributed by atoms with Gasteiger partial charge in [-0.15, -0.1) is 0 Å². The number of aryl methyl sites for hydroxylation is 1. The van der Waals surface area contributed by atoms with Crippen LogP contribution in [0.15, 0.2) is 42.5 Å². The van der Waals surface area contributed by atoms with Crippen molar-refractivity contribution in [1.29, 1.82) is 0 Å². The molecule has 6 heteroatoms. The number of unbranched alkanes of at least 4 members (excludes halogenated alkanes) is 1. The molecule has 0 spiro atoms. The van der Waals surface area contributed by atoms with Crippen molar-refractivity contribution >= 4 is 11.5 Å². The lowest BCUT2D eigenvalue weighted by Crippen LogP contribution is -2.09. The summed E-state index contributed by atoms with van der Waals surface area (Å²) in [6, 6.07) is 10.6. The first-order valence-electron chi connectivity index (χ1n) is 10.8. The fourth-order valence-electron chi connectivity index (χ4n) is 3.63. The van der Waals surface area contributed by atoms with Crippen LogP contribution in [-0.4, -0.2) is 18.0 Å². The molecule has 0 saturated heterocycles. The Morgan fingerprint density at radius 2 is 1.90 bits per heavy atom. The minimum Gasteiger partial charge on any atom is -0.481 e. The minimum absolute atomic E-state index is 0.0144. The largest absolute Gasteiger partial charge is 0.481 e. The molecule has 2 aromatic rings. The van der Waals surface area contributed by atoms with Gasteiger partial charge in [0, 0.05) is 24.5 Å². The van der Waals surface area contributed by atoms with Crippen molar-refractivity contribution in [2.24, 2.45) is 5.73 Å². The number of methoxy groups -OCH3 is 1. The third-order valence-electron chi connectivity index (χ3n) is 5.59. The molecule has 1 saturated carbocycles. The van der Waals surface area contributed by atoms with Gasteiger partial charge >= 0.3 is 0 Å². The molecule has 1 aliphatic rings. The first-order chi connectivity index (χ1) is 14.8. The SMILES string of the molecule is COc1nc(/C(=C/CCCC(N)=O)CCc2ccc(C(C)(F)F)cc2)ccc1C1CC1. The average molecular weight is 429 g/mol. The number of amides is 1. The van der Waals surface area contributed by atoms with E-state index in [0.717, 1.165) is 29.3 Å². The number of pyridine rings is 1. The van der Waals surface area contributed by atoms with Gasteiger partial charge in [0.1, 0.15) is 0 Å². The van der Waals surface area contributed by atoms with Gasteiger partial charge in [-0.1, -0.05) is 36.4 Å². The number of benzene rings is 1. The van der Waals surface area contributed by atoms with Crippen molar-refractivity contribution in [2.75, 3.05) is 7.11 Å². The van der Waals surface area contributed by atoms with Crippen LogP contribution in [0.5, 0.6) is 5.88 Å². The van der Waals surface area contributed by atoms with Crippen LogP contribution < -0.4 is 10.5 Å². The standard InChI is InChI=1S/C25H30F2N2O2/c1-25(26,27)20-13-8-17(9-14-20)7-10-19(5-3-4-6-23(28)30)22-16-15-21(18-11-12-18)24(29-22)31-2/h5,8-9,13-16,18H,3-4,6-7,10-12H2,1-2H3,(H2,28,30)/b19-5+. The Kier molecular flexibility index (Phi) is 7.42. The number of alkyl halides is 2. The van der Waals surface area contributed by atoms with Gasteiger partial charge in [0.25, 0.3) is 5.92 Å². The fraction of sp³-hybridized carbons (Fsp3) is 0.440. The number of aromatic nitrogens is 1. The predicted molar refractivity (Wildman–Crippen MR) is 118 cm³/mol. The monoisotopic (exact) mass is 428 g/mol. The molecule has 1 heterocycles. The van der Waals surface area contributed by atoms with Crippen LogP contribution in [-0.2, 0) is 17.1 Å². The second-order valence-electron chi connectivity index (χ2n) is 8.24. The van der Waals surface area contributed by atoms with Crippen LogP contribution in [0.2, 0.25) is 0 Å². The molecule has 0 aliphatic heterocycles. The Bertz CT molecular complexity index is 930. The second-order valence-corrected chi connectivity index (χ2v) is 8.24. The predicted octanol–water partition coefficient (Wildman–Crippen LogP) is 5.75. The highest BCUT2D eigenvalue weighted by Gasteiger charge is 2.28. The Morgan fingerprint density at radius 3 is 2.48 bits per heavy atom. The molecule has 31 heavy (non-hydrogen) atoms. The Balaban J connectivity index is 1.76. The van der Waals surface area contributed by atoms with Gasteiger partial charge < -0.3 is 10.5 Å². The number of primary amides is 1. The highest BCUT2D eigenvalue weighted by Crippen LogP contribution is 2.44. The Hall–Kier alpha value is -2.76. The molecular weight excluding hydrogens is 398 g/mol. The van der Waals surface area contributed by atoms with Gasteiger partial charge in [0.05, 0.1) is 12.8 Å². The number of rotatable bonds is 11. The number of nitrogens with zero attached hydrogens (tertiary/aromatic N) is 1. The van der Waals surface area contributed by atoms with Crippen molar-refractivity contribution in [1.82, 2.24) is 4.98 Å². The molecule has 0 bridgehead atoms. The zero-order valence-corrected chi connectivity index (χ0v) is 18.2. The van der Waals surface area contributed by atoms with Crippen molar-refractivity contribution < 1.29 is 18.3 Å². The van der Waals surface area contributed by atoms with Crippen LogP contribution in [0.1, 0.15) is 73.8 Å². The van der Waals surface area contributed by atoms with E-state index in [9.17, 15) is 13.6 Å². The van der Waals surface area contributed by atoms with Crippen LogP contribution in [0.4, 0.5) is 8.78 Å². The summed E-state index contributed by atoms with van der Waals surface area (Å²) >= 11 is 0. The van der Waals surface area contributed by atoms with Crippen LogP contribution in [0.3, 0.4) is 0 Å². The van der Waals surface area contributed by atoms with Crippen molar-refractivity contribution in [2.45, 2.75) is 63.7 Å². The molecule has 4 nitrogen and oxygen atoms in total. The van der Waals surface area contributed by atoms with Crippen molar-refractivity contribution in [3.8, 4) is 5.88 Å². The first-order valence-corrected chi connectivity index (χ1v) is 10.8. The van der Waals surface area contributed by atoms with E-state index in [0.29, 0.717) is 43.9 Å². The van der Waals surface area contributed by atoms with E-state index in [2.05, 4.69) is 12.1 Å². The summed E-state index contributed by atoms with van der Waals surface area (Å²) in [5.74, 6) is -1.95. The molecule has 1 fully saturated rings.